The first-order valence-corrected chi connectivity index (χ1v) is 7.39. The molecule has 2 heterocycles. The van der Waals surface area contributed by atoms with Crippen molar-refractivity contribution in [1.29, 1.82) is 0 Å². The van der Waals surface area contributed by atoms with Gasteiger partial charge in [0.25, 0.3) is 5.91 Å². The fraction of sp³-hybridized carbons (Fsp3) is 0. The fourth-order valence-electron chi connectivity index (χ4n) is 2.58. The molecule has 0 saturated carbocycles. The van der Waals surface area contributed by atoms with Crippen LogP contribution in [0.2, 0.25) is 0 Å². The van der Waals surface area contributed by atoms with Gasteiger partial charge in [-0.1, -0.05) is 0 Å². The second-order valence-electron chi connectivity index (χ2n) is 5.35. The molecule has 0 aliphatic carbocycles. The maximum absolute atomic E-state index is 14.2. The molecule has 5 nitrogen and oxygen atoms in total. The molecule has 0 radical (unpaired) electrons. The highest BCUT2D eigenvalue weighted by atomic mass is 19.1. The number of benzene rings is 2. The number of amides is 1. The van der Waals surface area contributed by atoms with E-state index >= 15 is 0 Å². The number of anilines is 1. The average molecular weight is 320 g/mol. The van der Waals surface area contributed by atoms with Gasteiger partial charge in [-0.05, 0) is 48.5 Å². The van der Waals surface area contributed by atoms with Gasteiger partial charge in [-0.2, -0.15) is 5.10 Å². The fourth-order valence-corrected chi connectivity index (χ4v) is 2.58. The molecular formula is C18H13FN4O. The third-order valence-corrected chi connectivity index (χ3v) is 3.77. The molecule has 4 rings (SSSR count). The number of nitrogens with one attached hydrogen (secondary N) is 2. The number of nitrogens with zero attached hydrogens (tertiary/aromatic N) is 2. The summed E-state index contributed by atoms with van der Waals surface area (Å²) in [6.07, 6.45) is 5.04. The topological polar surface area (TPSA) is 62.7 Å². The van der Waals surface area contributed by atoms with Crippen LogP contribution in [0.3, 0.4) is 0 Å². The Morgan fingerprint density at radius 3 is 2.88 bits per heavy atom. The number of hydrogen-bond donors (Lipinski definition) is 2. The first-order chi connectivity index (χ1) is 11.7. The number of carbonyl (C=O) groups is 1. The van der Waals surface area contributed by atoms with E-state index in [4.69, 9.17) is 0 Å². The Balaban J connectivity index is 1.59. The molecular weight excluding hydrogens is 307 g/mol. The van der Waals surface area contributed by atoms with E-state index in [1.54, 1.807) is 30.6 Å². The van der Waals surface area contributed by atoms with Crippen LogP contribution in [0.15, 0.2) is 67.1 Å². The van der Waals surface area contributed by atoms with E-state index in [-0.39, 0.29) is 11.5 Å². The van der Waals surface area contributed by atoms with Crippen molar-refractivity contribution in [2.45, 2.75) is 0 Å². The quantitative estimate of drug-likeness (QED) is 0.604. The third-order valence-electron chi connectivity index (χ3n) is 3.77. The number of halogens is 1. The molecule has 6 heteroatoms. The molecule has 0 saturated heterocycles. The second-order valence-corrected chi connectivity index (χ2v) is 5.35. The zero-order valence-corrected chi connectivity index (χ0v) is 12.5. The molecule has 0 fully saturated rings. The summed E-state index contributed by atoms with van der Waals surface area (Å²) < 4.78 is 15.6. The van der Waals surface area contributed by atoms with Crippen molar-refractivity contribution >= 4 is 22.5 Å². The van der Waals surface area contributed by atoms with Gasteiger partial charge in [0, 0.05) is 40.7 Å². The van der Waals surface area contributed by atoms with Gasteiger partial charge in [0.1, 0.15) is 11.5 Å². The van der Waals surface area contributed by atoms with Crippen molar-refractivity contribution in [3.8, 4) is 5.69 Å². The number of rotatable bonds is 3. The molecule has 2 N–H and O–H groups in total. The van der Waals surface area contributed by atoms with Gasteiger partial charge in [0.15, 0.2) is 0 Å². The molecule has 0 spiro atoms. The Kier molecular flexibility index (Phi) is 3.35. The Morgan fingerprint density at radius 2 is 2.08 bits per heavy atom. The van der Waals surface area contributed by atoms with Gasteiger partial charge in [0.2, 0.25) is 0 Å². The summed E-state index contributed by atoms with van der Waals surface area (Å²) >= 11 is 0. The minimum Gasteiger partial charge on any atom is -0.361 e. The zero-order chi connectivity index (χ0) is 16.5. The lowest BCUT2D eigenvalue weighted by Gasteiger charge is -2.08. The number of hydrogen-bond acceptors (Lipinski definition) is 2. The van der Waals surface area contributed by atoms with E-state index in [1.807, 2.05) is 24.4 Å². The van der Waals surface area contributed by atoms with Gasteiger partial charge < -0.3 is 10.3 Å². The zero-order valence-electron chi connectivity index (χ0n) is 12.5. The Hall–Kier alpha value is -3.41. The lowest BCUT2D eigenvalue weighted by Crippen LogP contribution is -2.12. The molecule has 4 aromatic rings. The lowest BCUT2D eigenvalue weighted by molar-refractivity contribution is 0.102. The van der Waals surface area contributed by atoms with Crippen LogP contribution in [0.5, 0.6) is 0 Å². The molecule has 0 bridgehead atoms. The molecule has 1 amide bonds. The van der Waals surface area contributed by atoms with E-state index in [0.29, 0.717) is 11.4 Å². The standard InChI is InChI=1S/C18H13FN4O/c19-15-11-13(2-5-17(15)23-9-1-7-21-23)18(24)22-14-3-4-16-12(10-14)6-8-20-16/h1-11,20H,(H,22,24). The lowest BCUT2D eigenvalue weighted by atomic mass is 10.1. The van der Waals surface area contributed by atoms with E-state index in [2.05, 4.69) is 15.4 Å². The normalized spacial score (nSPS) is 10.9. The number of H-pyrrole nitrogens is 1. The first kappa shape index (κ1) is 14.2. The van der Waals surface area contributed by atoms with E-state index in [9.17, 15) is 9.18 Å². The van der Waals surface area contributed by atoms with Crippen molar-refractivity contribution in [2.75, 3.05) is 5.32 Å². The van der Waals surface area contributed by atoms with Gasteiger partial charge >= 0.3 is 0 Å². The molecule has 0 unspecified atom stereocenters. The van der Waals surface area contributed by atoms with Crippen LogP contribution in [0.4, 0.5) is 10.1 Å². The minimum atomic E-state index is -0.507. The summed E-state index contributed by atoms with van der Waals surface area (Å²) in [7, 11) is 0. The molecule has 0 aliphatic rings. The van der Waals surface area contributed by atoms with Crippen molar-refractivity contribution < 1.29 is 9.18 Å². The van der Waals surface area contributed by atoms with Crippen molar-refractivity contribution in [1.82, 2.24) is 14.8 Å². The molecule has 0 aliphatic heterocycles. The largest absolute Gasteiger partial charge is 0.361 e. The van der Waals surface area contributed by atoms with Crippen LogP contribution in [0, 0.1) is 5.82 Å². The highest BCUT2D eigenvalue weighted by Crippen LogP contribution is 2.19. The summed E-state index contributed by atoms with van der Waals surface area (Å²) in [4.78, 5) is 15.4. The van der Waals surface area contributed by atoms with Gasteiger partial charge in [-0.15, -0.1) is 0 Å². The van der Waals surface area contributed by atoms with Gasteiger partial charge in [-0.25, -0.2) is 9.07 Å². The van der Waals surface area contributed by atoms with E-state index < -0.39 is 5.82 Å². The van der Waals surface area contributed by atoms with Crippen LogP contribution in [0.1, 0.15) is 10.4 Å². The summed E-state index contributed by atoms with van der Waals surface area (Å²) in [6.45, 7) is 0. The number of fused-ring (bicyclic) bond motifs is 1. The average Bonchev–Trinajstić information content (AvgIpc) is 3.25. The van der Waals surface area contributed by atoms with Gasteiger partial charge in [0.05, 0.1) is 0 Å². The SMILES string of the molecule is O=C(Nc1ccc2[nH]ccc2c1)c1ccc(-n2cccn2)c(F)c1. The molecule has 118 valence electrons. The predicted molar refractivity (Wildman–Crippen MR) is 89.8 cm³/mol. The maximum atomic E-state index is 14.2. The summed E-state index contributed by atoms with van der Waals surface area (Å²) in [5, 5.41) is 7.76. The van der Waals surface area contributed by atoms with E-state index in [0.717, 1.165) is 10.9 Å². The molecule has 2 aromatic carbocycles. The Morgan fingerprint density at radius 1 is 1.17 bits per heavy atom. The molecule has 2 aromatic heterocycles. The third kappa shape index (κ3) is 2.54. The highest BCUT2D eigenvalue weighted by Gasteiger charge is 2.11. The number of carbonyl (C=O) groups excluding carboxylic acids is 1. The number of aromatic amines is 1. The highest BCUT2D eigenvalue weighted by molar-refractivity contribution is 6.05. The Labute approximate surface area is 136 Å². The minimum absolute atomic E-state index is 0.248. The summed E-state index contributed by atoms with van der Waals surface area (Å²) in [5.41, 5.74) is 2.19. The number of aromatic nitrogens is 3. The van der Waals surface area contributed by atoms with Crippen LogP contribution < -0.4 is 5.32 Å². The maximum Gasteiger partial charge on any atom is 0.255 e. The van der Waals surface area contributed by atoms with Crippen molar-refractivity contribution in [3.63, 3.8) is 0 Å². The van der Waals surface area contributed by atoms with Crippen LogP contribution in [-0.4, -0.2) is 20.7 Å². The second kappa shape index (κ2) is 5.66. The first-order valence-electron chi connectivity index (χ1n) is 7.39. The summed E-state index contributed by atoms with van der Waals surface area (Å²) in [5.74, 6) is -0.872. The Bertz CT molecular complexity index is 1020. The monoisotopic (exact) mass is 320 g/mol. The van der Waals surface area contributed by atoms with E-state index in [1.165, 1.54) is 16.8 Å². The smallest absolute Gasteiger partial charge is 0.255 e. The van der Waals surface area contributed by atoms with Crippen LogP contribution in [-0.2, 0) is 0 Å². The van der Waals surface area contributed by atoms with Crippen molar-refractivity contribution in [3.05, 3.63) is 78.5 Å². The molecule has 0 atom stereocenters. The van der Waals surface area contributed by atoms with Crippen molar-refractivity contribution in [2.24, 2.45) is 0 Å². The predicted octanol–water partition coefficient (Wildman–Crippen LogP) is 3.75. The van der Waals surface area contributed by atoms with Crippen LogP contribution in [0.25, 0.3) is 16.6 Å². The van der Waals surface area contributed by atoms with Crippen LogP contribution >= 0.6 is 0 Å². The van der Waals surface area contributed by atoms with Gasteiger partial charge in [-0.3, -0.25) is 4.79 Å². The summed E-state index contributed by atoms with van der Waals surface area (Å²) in [6, 6.07) is 13.5. The molecule has 24 heavy (non-hydrogen) atoms.